The summed E-state index contributed by atoms with van der Waals surface area (Å²) in [6, 6.07) is 4.05. The van der Waals surface area contributed by atoms with Gasteiger partial charge in [0.2, 0.25) is 0 Å². The first-order valence-corrected chi connectivity index (χ1v) is 4.42. The van der Waals surface area contributed by atoms with Crippen LogP contribution in [0.15, 0.2) is 18.2 Å². The fourth-order valence-corrected chi connectivity index (χ4v) is 1.18. The van der Waals surface area contributed by atoms with Crippen molar-refractivity contribution in [2.75, 3.05) is 12.4 Å². The van der Waals surface area contributed by atoms with Crippen LogP contribution < -0.4 is 10.1 Å². The van der Waals surface area contributed by atoms with E-state index in [1.54, 1.807) is 0 Å². The summed E-state index contributed by atoms with van der Waals surface area (Å²) >= 11 is 0. The van der Waals surface area contributed by atoms with Crippen LogP contribution in [0.25, 0.3) is 0 Å². The predicted molar refractivity (Wildman–Crippen MR) is 56.2 cm³/mol. The number of carbonyl (C=O) groups is 3. The summed E-state index contributed by atoms with van der Waals surface area (Å²) in [5.41, 5.74) is -0.436. The third-order valence-electron chi connectivity index (χ3n) is 1.91. The van der Waals surface area contributed by atoms with Gasteiger partial charge in [-0.1, -0.05) is 6.07 Å². The summed E-state index contributed by atoms with van der Waals surface area (Å²) in [6.45, 7) is 0. The molecule has 0 spiro atoms. The molecule has 0 aromatic heterocycles. The van der Waals surface area contributed by atoms with Crippen molar-refractivity contribution in [3.8, 4) is 5.75 Å². The third-order valence-corrected chi connectivity index (χ3v) is 1.91. The van der Waals surface area contributed by atoms with Crippen LogP contribution in [0.4, 0.5) is 5.69 Å². The van der Waals surface area contributed by atoms with Crippen molar-refractivity contribution >= 4 is 23.5 Å². The molecule has 0 aliphatic rings. The van der Waals surface area contributed by atoms with Crippen LogP contribution in [0.1, 0.15) is 10.4 Å². The van der Waals surface area contributed by atoms with Gasteiger partial charge in [0.1, 0.15) is 5.75 Å². The fourth-order valence-electron chi connectivity index (χ4n) is 1.18. The zero-order valence-electron chi connectivity index (χ0n) is 8.76. The molecule has 90 valence electrons. The zero-order chi connectivity index (χ0) is 13.0. The van der Waals surface area contributed by atoms with Gasteiger partial charge in [0.15, 0.2) is 0 Å². The minimum atomic E-state index is -1.72. The van der Waals surface area contributed by atoms with Crippen molar-refractivity contribution in [2.24, 2.45) is 0 Å². The van der Waals surface area contributed by atoms with E-state index in [1.165, 1.54) is 25.3 Å². The van der Waals surface area contributed by atoms with E-state index in [1.807, 2.05) is 5.32 Å². The van der Waals surface area contributed by atoms with Crippen LogP contribution >= 0.6 is 0 Å². The number of anilines is 1. The first kappa shape index (κ1) is 12.5. The number of carboxylic acid groups (broad SMARTS) is 2. The second kappa shape index (κ2) is 4.97. The number of hydrogen-bond donors (Lipinski definition) is 3. The van der Waals surface area contributed by atoms with E-state index in [4.69, 9.17) is 14.9 Å². The highest BCUT2D eigenvalue weighted by Crippen LogP contribution is 2.28. The number of aliphatic carboxylic acids is 1. The molecule has 0 aliphatic carbocycles. The summed E-state index contributed by atoms with van der Waals surface area (Å²) < 4.78 is 4.85. The Morgan fingerprint density at radius 2 is 1.88 bits per heavy atom. The minimum absolute atomic E-state index is 0.0690. The number of nitrogens with one attached hydrogen (secondary N) is 1. The van der Waals surface area contributed by atoms with E-state index in [-0.39, 0.29) is 17.0 Å². The Morgan fingerprint density at radius 1 is 1.24 bits per heavy atom. The molecular weight excluding hydrogens is 230 g/mol. The number of amides is 1. The molecule has 0 saturated carbocycles. The van der Waals surface area contributed by atoms with Crippen LogP contribution in [-0.4, -0.2) is 35.2 Å². The van der Waals surface area contributed by atoms with Gasteiger partial charge in [-0.05, 0) is 12.1 Å². The van der Waals surface area contributed by atoms with Gasteiger partial charge in [-0.3, -0.25) is 4.79 Å². The quantitative estimate of drug-likeness (QED) is 0.658. The SMILES string of the molecule is COc1cccc(C(=O)O)c1NC(=O)C(=O)O. The van der Waals surface area contributed by atoms with Gasteiger partial charge in [-0.25, -0.2) is 9.59 Å². The van der Waals surface area contributed by atoms with E-state index in [0.29, 0.717) is 0 Å². The van der Waals surface area contributed by atoms with Crippen LogP contribution in [0.5, 0.6) is 5.75 Å². The molecule has 1 aromatic carbocycles. The summed E-state index contributed by atoms with van der Waals surface area (Å²) in [5, 5.41) is 19.3. The van der Waals surface area contributed by atoms with Crippen LogP contribution in [0.3, 0.4) is 0 Å². The molecule has 0 atom stereocenters. The summed E-state index contributed by atoms with van der Waals surface area (Å²) in [6.07, 6.45) is 0. The van der Waals surface area contributed by atoms with Gasteiger partial charge in [0, 0.05) is 0 Å². The molecule has 0 aliphatic heterocycles. The highest BCUT2D eigenvalue weighted by Gasteiger charge is 2.20. The molecule has 0 unspecified atom stereocenters. The lowest BCUT2D eigenvalue weighted by Gasteiger charge is -2.11. The standard InChI is InChI=1S/C10H9NO6/c1-17-6-4-2-3-5(9(13)14)7(6)11-8(12)10(15)16/h2-4H,1H3,(H,11,12)(H,13,14)(H,15,16). The van der Waals surface area contributed by atoms with Crippen molar-refractivity contribution in [2.45, 2.75) is 0 Å². The van der Waals surface area contributed by atoms with E-state index < -0.39 is 17.8 Å². The number of aromatic carboxylic acids is 1. The van der Waals surface area contributed by atoms with E-state index in [9.17, 15) is 14.4 Å². The number of para-hydroxylation sites is 1. The molecule has 7 nitrogen and oxygen atoms in total. The molecule has 0 saturated heterocycles. The fraction of sp³-hybridized carbons (Fsp3) is 0.100. The molecule has 1 amide bonds. The minimum Gasteiger partial charge on any atom is -0.495 e. The van der Waals surface area contributed by atoms with Crippen LogP contribution in [0.2, 0.25) is 0 Å². The van der Waals surface area contributed by atoms with Crippen LogP contribution in [-0.2, 0) is 9.59 Å². The number of hydrogen-bond acceptors (Lipinski definition) is 4. The highest BCUT2D eigenvalue weighted by atomic mass is 16.5. The molecule has 0 fully saturated rings. The van der Waals surface area contributed by atoms with E-state index in [2.05, 4.69) is 0 Å². The lowest BCUT2D eigenvalue weighted by molar-refractivity contribution is -0.147. The first-order valence-electron chi connectivity index (χ1n) is 4.42. The molecule has 0 bridgehead atoms. The van der Waals surface area contributed by atoms with Crippen molar-refractivity contribution < 1.29 is 29.3 Å². The van der Waals surface area contributed by atoms with Gasteiger partial charge in [0.05, 0.1) is 18.4 Å². The monoisotopic (exact) mass is 239 g/mol. The normalized spacial score (nSPS) is 9.47. The van der Waals surface area contributed by atoms with Crippen molar-refractivity contribution in [3.63, 3.8) is 0 Å². The zero-order valence-corrected chi connectivity index (χ0v) is 8.76. The second-order valence-corrected chi connectivity index (χ2v) is 2.95. The van der Waals surface area contributed by atoms with Crippen molar-refractivity contribution in [3.05, 3.63) is 23.8 Å². The number of rotatable bonds is 3. The largest absolute Gasteiger partial charge is 0.495 e. The Balaban J connectivity index is 3.22. The topological polar surface area (TPSA) is 113 Å². The van der Waals surface area contributed by atoms with E-state index >= 15 is 0 Å². The van der Waals surface area contributed by atoms with Crippen LogP contribution in [0, 0.1) is 0 Å². The molecule has 17 heavy (non-hydrogen) atoms. The molecule has 0 radical (unpaired) electrons. The number of carbonyl (C=O) groups excluding carboxylic acids is 1. The molecule has 0 heterocycles. The average molecular weight is 239 g/mol. The number of carboxylic acids is 2. The van der Waals surface area contributed by atoms with Gasteiger partial charge in [-0.2, -0.15) is 0 Å². The third kappa shape index (κ3) is 2.71. The maximum absolute atomic E-state index is 11.0. The molecule has 3 N–H and O–H groups in total. The van der Waals surface area contributed by atoms with Gasteiger partial charge in [0.25, 0.3) is 0 Å². The Morgan fingerprint density at radius 3 is 2.35 bits per heavy atom. The highest BCUT2D eigenvalue weighted by molar-refractivity contribution is 6.37. The van der Waals surface area contributed by atoms with Gasteiger partial charge < -0.3 is 20.3 Å². The Hall–Kier alpha value is -2.57. The smallest absolute Gasteiger partial charge is 0.394 e. The first-order chi connectivity index (χ1) is 7.97. The Labute approximate surface area is 95.6 Å². The average Bonchev–Trinajstić information content (AvgIpc) is 2.28. The second-order valence-electron chi connectivity index (χ2n) is 2.95. The predicted octanol–water partition coefficient (Wildman–Crippen LogP) is 0.416. The molecule has 1 rings (SSSR count). The van der Waals surface area contributed by atoms with E-state index in [0.717, 1.165) is 0 Å². The lowest BCUT2D eigenvalue weighted by atomic mass is 10.1. The molecular formula is C10H9NO6. The summed E-state index contributed by atoms with van der Waals surface area (Å²) in [4.78, 5) is 32.3. The maximum Gasteiger partial charge on any atom is 0.394 e. The molecule has 7 heteroatoms. The Kier molecular flexibility index (Phi) is 3.66. The summed E-state index contributed by atoms with van der Waals surface area (Å²) in [7, 11) is 1.28. The summed E-state index contributed by atoms with van der Waals surface area (Å²) in [5.74, 6) is -4.28. The Bertz CT molecular complexity index is 482. The van der Waals surface area contributed by atoms with Crippen molar-refractivity contribution in [1.82, 2.24) is 0 Å². The van der Waals surface area contributed by atoms with Gasteiger partial charge in [-0.15, -0.1) is 0 Å². The van der Waals surface area contributed by atoms with Gasteiger partial charge >= 0.3 is 17.8 Å². The molecule has 1 aromatic rings. The number of benzene rings is 1. The number of methoxy groups -OCH3 is 1. The number of ether oxygens (including phenoxy) is 1. The maximum atomic E-state index is 11.0. The van der Waals surface area contributed by atoms with Crippen molar-refractivity contribution in [1.29, 1.82) is 0 Å². The lowest BCUT2D eigenvalue weighted by Crippen LogP contribution is -2.23.